The number of para-hydroxylation sites is 1. The monoisotopic (exact) mass is 321 g/mol. The molecule has 1 atom stereocenters. The Bertz CT molecular complexity index is 482. The number of hydrogen-bond donors (Lipinski definition) is 1. The number of halogens is 4. The van der Waals surface area contributed by atoms with Crippen LogP contribution in [-0.2, 0) is 5.41 Å². The molecule has 1 heterocycles. The van der Waals surface area contributed by atoms with E-state index in [0.717, 1.165) is 19.5 Å². The zero-order valence-corrected chi connectivity index (χ0v) is 12.4. The lowest BCUT2D eigenvalue weighted by molar-refractivity contribution is -0.161. The molecule has 0 radical (unpaired) electrons. The highest BCUT2D eigenvalue weighted by Gasteiger charge is 2.65. The number of nitrogens with one attached hydrogen (secondary N) is 1. The summed E-state index contributed by atoms with van der Waals surface area (Å²) in [6, 6.07) is 6.61. The molecular formula is C15H19ClF3NO. The highest BCUT2D eigenvalue weighted by Crippen LogP contribution is 2.60. The van der Waals surface area contributed by atoms with Crippen LogP contribution in [0.1, 0.15) is 24.8 Å². The van der Waals surface area contributed by atoms with E-state index in [4.69, 9.17) is 4.74 Å². The zero-order valence-electron chi connectivity index (χ0n) is 11.6. The van der Waals surface area contributed by atoms with Crippen LogP contribution in [0.15, 0.2) is 24.3 Å². The third kappa shape index (κ3) is 3.14. The van der Waals surface area contributed by atoms with Gasteiger partial charge in [-0.2, -0.15) is 13.2 Å². The van der Waals surface area contributed by atoms with Crippen molar-refractivity contribution in [3.05, 3.63) is 29.8 Å². The molecule has 1 saturated carbocycles. The van der Waals surface area contributed by atoms with Crippen LogP contribution in [0.5, 0.6) is 5.75 Å². The van der Waals surface area contributed by atoms with Crippen LogP contribution < -0.4 is 10.1 Å². The topological polar surface area (TPSA) is 21.3 Å². The minimum absolute atomic E-state index is 0. The number of ether oxygens (including phenoxy) is 1. The van der Waals surface area contributed by atoms with E-state index in [1.54, 1.807) is 24.3 Å². The van der Waals surface area contributed by atoms with E-state index >= 15 is 0 Å². The van der Waals surface area contributed by atoms with Crippen molar-refractivity contribution in [2.24, 2.45) is 5.92 Å². The fourth-order valence-electron chi connectivity index (χ4n) is 2.88. The maximum absolute atomic E-state index is 13.2. The molecule has 2 fully saturated rings. The van der Waals surface area contributed by atoms with Crippen LogP contribution in [0.25, 0.3) is 0 Å². The molecular weight excluding hydrogens is 303 g/mol. The molecule has 1 saturated heterocycles. The first-order valence-electron chi connectivity index (χ1n) is 7.03. The predicted octanol–water partition coefficient (Wildman–Crippen LogP) is 3.69. The molecule has 0 spiro atoms. The Labute approximate surface area is 128 Å². The standard InChI is InChI=1S/C15H18F3NO.ClH/c16-15(17,18)14(6-7-14)12-3-1-2-4-13(12)20-10-11-5-8-19-9-11;/h1-4,11,19H,5-10H2;1H/t11-;/m0./s1. The summed E-state index contributed by atoms with van der Waals surface area (Å²) < 4.78 is 45.4. The van der Waals surface area contributed by atoms with Gasteiger partial charge in [-0.25, -0.2) is 0 Å². The molecule has 2 aliphatic rings. The number of benzene rings is 1. The van der Waals surface area contributed by atoms with Gasteiger partial charge in [0.05, 0.1) is 12.0 Å². The fraction of sp³-hybridized carbons (Fsp3) is 0.600. The second-order valence-corrected chi connectivity index (χ2v) is 5.75. The van der Waals surface area contributed by atoms with Gasteiger partial charge in [0.25, 0.3) is 0 Å². The van der Waals surface area contributed by atoms with E-state index < -0.39 is 11.6 Å². The summed E-state index contributed by atoms with van der Waals surface area (Å²) in [5, 5.41) is 3.23. The Hall–Kier alpha value is -0.940. The Morgan fingerprint density at radius 1 is 1.24 bits per heavy atom. The van der Waals surface area contributed by atoms with Gasteiger partial charge in [0.1, 0.15) is 5.75 Å². The van der Waals surface area contributed by atoms with E-state index in [-0.39, 0.29) is 25.2 Å². The van der Waals surface area contributed by atoms with Gasteiger partial charge in [-0.1, -0.05) is 18.2 Å². The number of rotatable bonds is 4. The summed E-state index contributed by atoms with van der Waals surface area (Å²) in [5.74, 6) is 0.790. The van der Waals surface area contributed by atoms with Crippen LogP contribution in [0.3, 0.4) is 0 Å². The average Bonchev–Trinajstić information content (AvgIpc) is 3.08. The van der Waals surface area contributed by atoms with Gasteiger partial charge in [-0.3, -0.25) is 0 Å². The number of alkyl halides is 3. The Balaban J connectivity index is 0.00000161. The van der Waals surface area contributed by atoms with E-state index in [2.05, 4.69) is 5.32 Å². The minimum Gasteiger partial charge on any atom is -0.493 e. The molecule has 3 rings (SSSR count). The second-order valence-electron chi connectivity index (χ2n) is 5.75. The largest absolute Gasteiger partial charge is 0.493 e. The summed E-state index contributed by atoms with van der Waals surface area (Å²) in [6.07, 6.45) is -2.84. The summed E-state index contributed by atoms with van der Waals surface area (Å²) in [4.78, 5) is 0. The van der Waals surface area contributed by atoms with Crippen molar-refractivity contribution in [1.29, 1.82) is 0 Å². The molecule has 0 aromatic heterocycles. The van der Waals surface area contributed by atoms with Gasteiger partial charge >= 0.3 is 6.18 Å². The van der Waals surface area contributed by atoms with E-state index in [9.17, 15) is 13.2 Å². The van der Waals surface area contributed by atoms with Gasteiger partial charge in [0, 0.05) is 18.0 Å². The highest BCUT2D eigenvalue weighted by molar-refractivity contribution is 5.85. The van der Waals surface area contributed by atoms with Crippen molar-refractivity contribution in [2.75, 3.05) is 19.7 Å². The van der Waals surface area contributed by atoms with Crippen molar-refractivity contribution in [3.63, 3.8) is 0 Å². The van der Waals surface area contributed by atoms with Crippen molar-refractivity contribution >= 4 is 12.4 Å². The first-order valence-corrected chi connectivity index (χ1v) is 7.03. The molecule has 1 aromatic rings. The third-order valence-electron chi connectivity index (χ3n) is 4.33. The molecule has 1 aliphatic carbocycles. The number of hydrogen-bond acceptors (Lipinski definition) is 2. The molecule has 0 bridgehead atoms. The van der Waals surface area contributed by atoms with Crippen molar-refractivity contribution in [3.8, 4) is 5.75 Å². The quantitative estimate of drug-likeness (QED) is 0.913. The molecule has 0 amide bonds. The SMILES string of the molecule is Cl.FC(F)(F)C1(c2ccccc2OC[C@H]2CCNC2)CC1. The van der Waals surface area contributed by atoms with E-state index in [0.29, 0.717) is 23.8 Å². The van der Waals surface area contributed by atoms with Gasteiger partial charge in [0.2, 0.25) is 0 Å². The van der Waals surface area contributed by atoms with Gasteiger partial charge < -0.3 is 10.1 Å². The lowest BCUT2D eigenvalue weighted by Gasteiger charge is -2.23. The first-order chi connectivity index (χ1) is 9.53. The van der Waals surface area contributed by atoms with Crippen molar-refractivity contribution < 1.29 is 17.9 Å². The summed E-state index contributed by atoms with van der Waals surface area (Å²) >= 11 is 0. The molecule has 2 nitrogen and oxygen atoms in total. The fourth-order valence-corrected chi connectivity index (χ4v) is 2.88. The maximum Gasteiger partial charge on any atom is 0.398 e. The van der Waals surface area contributed by atoms with Gasteiger partial charge in [0.15, 0.2) is 0 Å². The summed E-state index contributed by atoms with van der Waals surface area (Å²) in [7, 11) is 0. The van der Waals surface area contributed by atoms with Gasteiger partial charge in [-0.05, 0) is 31.9 Å². The lowest BCUT2D eigenvalue weighted by atomic mass is 9.94. The van der Waals surface area contributed by atoms with Crippen LogP contribution >= 0.6 is 12.4 Å². The molecule has 6 heteroatoms. The molecule has 0 unspecified atom stereocenters. The summed E-state index contributed by atoms with van der Waals surface area (Å²) in [6.45, 7) is 2.33. The smallest absolute Gasteiger partial charge is 0.398 e. The Morgan fingerprint density at radius 3 is 2.52 bits per heavy atom. The van der Waals surface area contributed by atoms with Crippen LogP contribution in [-0.4, -0.2) is 25.9 Å². The van der Waals surface area contributed by atoms with Crippen LogP contribution in [0.2, 0.25) is 0 Å². The summed E-state index contributed by atoms with van der Waals surface area (Å²) in [5.41, 5.74) is -1.37. The van der Waals surface area contributed by atoms with E-state index in [1.165, 1.54) is 0 Å². The molecule has 21 heavy (non-hydrogen) atoms. The first kappa shape index (κ1) is 16.4. The molecule has 1 N–H and O–H groups in total. The van der Waals surface area contributed by atoms with Crippen LogP contribution in [0, 0.1) is 5.92 Å². The third-order valence-corrected chi connectivity index (χ3v) is 4.33. The lowest BCUT2D eigenvalue weighted by Crippen LogP contribution is -2.29. The van der Waals surface area contributed by atoms with E-state index in [1.807, 2.05) is 0 Å². The highest BCUT2D eigenvalue weighted by atomic mass is 35.5. The normalized spacial score (nSPS) is 23.5. The van der Waals surface area contributed by atoms with Crippen LogP contribution in [0.4, 0.5) is 13.2 Å². The predicted molar refractivity (Wildman–Crippen MR) is 77.1 cm³/mol. The van der Waals surface area contributed by atoms with Crippen molar-refractivity contribution in [2.45, 2.75) is 30.9 Å². The van der Waals surface area contributed by atoms with Crippen molar-refractivity contribution in [1.82, 2.24) is 5.32 Å². The Kier molecular flexibility index (Phi) is 4.73. The zero-order chi connectivity index (χ0) is 14.2. The Morgan fingerprint density at radius 2 is 1.95 bits per heavy atom. The van der Waals surface area contributed by atoms with Gasteiger partial charge in [-0.15, -0.1) is 12.4 Å². The molecule has 118 valence electrons. The second kappa shape index (κ2) is 6.05. The maximum atomic E-state index is 13.2. The average molecular weight is 322 g/mol. The minimum atomic E-state index is -4.19. The molecule has 1 aliphatic heterocycles. The molecule has 1 aromatic carbocycles.